The highest BCUT2D eigenvalue weighted by Gasteiger charge is 2.27. The first-order chi connectivity index (χ1) is 10.4. The summed E-state index contributed by atoms with van der Waals surface area (Å²) in [4.78, 5) is 14.3. The molecule has 116 valence electrons. The fraction of sp³-hybridized carbons (Fsp3) is 0.467. The van der Waals surface area contributed by atoms with E-state index in [0.29, 0.717) is 23.1 Å². The largest absolute Gasteiger partial charge is 0.275 e. The fourth-order valence-electron chi connectivity index (χ4n) is 2.62. The average Bonchev–Trinajstić information content (AvgIpc) is 2.93. The lowest BCUT2D eigenvalue weighted by Gasteiger charge is -2.26. The lowest BCUT2D eigenvalue weighted by atomic mass is 9.86. The van der Waals surface area contributed by atoms with E-state index < -0.39 is 0 Å². The van der Waals surface area contributed by atoms with Crippen LogP contribution < -0.4 is 4.90 Å². The van der Waals surface area contributed by atoms with Crippen molar-refractivity contribution in [3.8, 4) is 0 Å². The van der Waals surface area contributed by atoms with Gasteiger partial charge in [0.15, 0.2) is 0 Å². The van der Waals surface area contributed by atoms with Gasteiger partial charge in [-0.15, -0.1) is 0 Å². The monoisotopic (exact) mass is 319 g/mol. The summed E-state index contributed by atoms with van der Waals surface area (Å²) in [6.07, 6.45) is 0.831. The van der Waals surface area contributed by atoms with E-state index in [-0.39, 0.29) is 11.3 Å². The minimum atomic E-state index is -0.127. The van der Waals surface area contributed by atoms with Crippen LogP contribution >= 0.6 is 11.6 Å². The number of halogens is 1. The number of hydrogen-bond acceptors (Lipinski definition) is 4. The Morgan fingerprint density at radius 2 is 2.05 bits per heavy atom. The van der Waals surface area contributed by atoms with E-state index in [9.17, 15) is 4.79 Å². The predicted molar refractivity (Wildman–Crippen MR) is 84.3 cm³/mol. The van der Waals surface area contributed by atoms with Gasteiger partial charge in [0.1, 0.15) is 0 Å². The van der Waals surface area contributed by atoms with Gasteiger partial charge in [0, 0.05) is 23.7 Å². The smallest absolute Gasteiger partial charge is 0.260 e. The number of aryl methyl sites for hydroxylation is 1. The van der Waals surface area contributed by atoms with E-state index in [1.165, 1.54) is 0 Å². The molecule has 0 saturated heterocycles. The van der Waals surface area contributed by atoms with E-state index in [4.69, 9.17) is 11.6 Å². The molecule has 0 atom stereocenters. The summed E-state index contributed by atoms with van der Waals surface area (Å²) in [5, 5.41) is 12.1. The van der Waals surface area contributed by atoms with Crippen LogP contribution in [-0.2, 0) is 12.0 Å². The second-order valence-electron chi connectivity index (χ2n) is 6.46. The average molecular weight is 320 g/mol. The Morgan fingerprint density at radius 3 is 2.73 bits per heavy atom. The van der Waals surface area contributed by atoms with Crippen LogP contribution in [0.1, 0.15) is 43.1 Å². The Bertz CT molecular complexity index is 719. The van der Waals surface area contributed by atoms with Crippen LogP contribution in [0, 0.1) is 0 Å². The highest BCUT2D eigenvalue weighted by Crippen LogP contribution is 2.30. The number of fused-ring (bicyclic) bond motifs is 1. The lowest BCUT2D eigenvalue weighted by molar-refractivity contribution is 0.0980. The quantitative estimate of drug-likeness (QED) is 0.810. The number of amides is 1. The molecule has 0 aliphatic carbocycles. The van der Waals surface area contributed by atoms with Crippen LogP contribution in [0.15, 0.2) is 18.2 Å². The molecule has 1 aromatic heterocycles. The Kier molecular flexibility index (Phi) is 3.64. The van der Waals surface area contributed by atoms with Crippen molar-refractivity contribution in [3.63, 3.8) is 0 Å². The molecule has 1 aliphatic rings. The minimum Gasteiger partial charge on any atom is -0.275 e. The van der Waals surface area contributed by atoms with Gasteiger partial charge >= 0.3 is 0 Å². The van der Waals surface area contributed by atoms with Crippen molar-refractivity contribution in [2.45, 2.75) is 39.2 Å². The summed E-state index contributed by atoms with van der Waals surface area (Å²) in [5.41, 5.74) is 1.51. The number of rotatable bonds is 1. The van der Waals surface area contributed by atoms with Crippen molar-refractivity contribution < 1.29 is 4.79 Å². The maximum atomic E-state index is 12.7. The molecule has 0 spiro atoms. The minimum absolute atomic E-state index is 0.0616. The number of tetrazole rings is 1. The third-order valence-corrected chi connectivity index (χ3v) is 4.09. The van der Waals surface area contributed by atoms with Crippen molar-refractivity contribution >= 4 is 23.5 Å². The molecule has 1 aromatic carbocycles. The zero-order valence-corrected chi connectivity index (χ0v) is 13.6. The molecule has 0 radical (unpaired) electrons. The highest BCUT2D eigenvalue weighted by molar-refractivity contribution is 6.32. The summed E-state index contributed by atoms with van der Waals surface area (Å²) in [5.74, 6) is 0.366. The number of nitrogens with zero attached hydrogens (tertiary/aromatic N) is 5. The van der Waals surface area contributed by atoms with Gasteiger partial charge in [0.05, 0.1) is 0 Å². The van der Waals surface area contributed by atoms with Crippen molar-refractivity contribution in [1.29, 1.82) is 0 Å². The molecule has 1 amide bonds. The lowest BCUT2D eigenvalue weighted by Crippen LogP contribution is -2.38. The van der Waals surface area contributed by atoms with Gasteiger partial charge in [-0.25, -0.2) is 4.68 Å². The zero-order chi connectivity index (χ0) is 15.9. The van der Waals surface area contributed by atoms with Crippen molar-refractivity contribution in [2.75, 3.05) is 11.4 Å². The van der Waals surface area contributed by atoms with Gasteiger partial charge in [-0.2, -0.15) is 0 Å². The van der Waals surface area contributed by atoms with Crippen LogP contribution in [0.25, 0.3) is 0 Å². The molecular formula is C15H18ClN5O. The van der Waals surface area contributed by atoms with Gasteiger partial charge in [-0.1, -0.05) is 43.5 Å². The van der Waals surface area contributed by atoms with Crippen LogP contribution in [0.3, 0.4) is 0 Å². The predicted octanol–water partition coefficient (Wildman–Crippen LogP) is 2.67. The third-order valence-electron chi connectivity index (χ3n) is 3.78. The van der Waals surface area contributed by atoms with E-state index in [0.717, 1.165) is 18.5 Å². The highest BCUT2D eigenvalue weighted by atomic mass is 35.5. The van der Waals surface area contributed by atoms with Crippen molar-refractivity contribution in [1.82, 2.24) is 20.2 Å². The molecule has 0 saturated carbocycles. The van der Waals surface area contributed by atoms with Gasteiger partial charge in [0.2, 0.25) is 0 Å². The molecule has 2 heterocycles. The molecule has 6 nitrogen and oxygen atoms in total. The molecule has 7 heteroatoms. The first-order valence-electron chi connectivity index (χ1n) is 7.26. The summed E-state index contributed by atoms with van der Waals surface area (Å²) in [6, 6.07) is 5.47. The number of anilines is 1. The molecule has 1 aliphatic heterocycles. The van der Waals surface area contributed by atoms with Crippen LogP contribution in [-0.4, -0.2) is 32.7 Å². The van der Waals surface area contributed by atoms with Crippen molar-refractivity contribution in [3.05, 3.63) is 34.3 Å². The van der Waals surface area contributed by atoms with E-state index >= 15 is 0 Å². The summed E-state index contributed by atoms with van der Waals surface area (Å²) in [7, 11) is 0. The summed E-state index contributed by atoms with van der Waals surface area (Å²) >= 11 is 6.36. The summed E-state index contributed by atoms with van der Waals surface area (Å²) < 4.78 is 1.65. The number of benzene rings is 1. The first kappa shape index (κ1) is 15.0. The van der Waals surface area contributed by atoms with E-state index in [1.807, 2.05) is 12.1 Å². The Balaban J connectivity index is 1.93. The van der Waals surface area contributed by atoms with Crippen molar-refractivity contribution in [2.24, 2.45) is 0 Å². The van der Waals surface area contributed by atoms with Gasteiger partial charge in [-0.05, 0) is 40.0 Å². The Labute approximate surface area is 134 Å². The number of hydrogen-bond donors (Lipinski definition) is 0. The second kappa shape index (κ2) is 5.35. The van der Waals surface area contributed by atoms with E-state index in [2.05, 4.69) is 36.3 Å². The maximum absolute atomic E-state index is 12.7. The van der Waals surface area contributed by atoms with Gasteiger partial charge in [-0.3, -0.25) is 9.69 Å². The van der Waals surface area contributed by atoms with Crippen LogP contribution in [0.2, 0.25) is 5.02 Å². The van der Waals surface area contributed by atoms with E-state index in [1.54, 1.807) is 15.6 Å². The third kappa shape index (κ3) is 2.59. The maximum Gasteiger partial charge on any atom is 0.260 e. The van der Waals surface area contributed by atoms with Gasteiger partial charge < -0.3 is 0 Å². The number of carbonyl (C=O) groups is 1. The molecule has 3 rings (SSSR count). The topological polar surface area (TPSA) is 63.9 Å². The molecule has 2 aromatic rings. The SMILES string of the molecule is CC(C)(C)c1ccc(C(=O)N2CCCn3nnnc32)cc1Cl. The molecule has 0 unspecified atom stereocenters. The van der Waals surface area contributed by atoms with Gasteiger partial charge in [0.25, 0.3) is 11.9 Å². The molecule has 0 bridgehead atoms. The summed E-state index contributed by atoms with van der Waals surface area (Å²) in [6.45, 7) is 7.62. The number of carbonyl (C=O) groups excluding carboxylic acids is 1. The molecular weight excluding hydrogens is 302 g/mol. The Morgan fingerprint density at radius 1 is 1.27 bits per heavy atom. The standard InChI is InChI=1S/C15H18ClN5O/c1-15(2,3)11-6-5-10(9-12(11)16)13(22)20-7-4-8-21-14(20)17-18-19-21/h5-6,9H,4,7-8H2,1-3H3. The molecule has 0 fully saturated rings. The Hall–Kier alpha value is -1.95. The first-order valence-corrected chi connectivity index (χ1v) is 7.64. The second-order valence-corrected chi connectivity index (χ2v) is 6.86. The zero-order valence-electron chi connectivity index (χ0n) is 12.9. The fourth-order valence-corrected chi connectivity index (χ4v) is 3.09. The normalized spacial score (nSPS) is 14.8. The number of aromatic nitrogens is 4. The van der Waals surface area contributed by atoms with Crippen LogP contribution in [0.5, 0.6) is 0 Å². The van der Waals surface area contributed by atoms with Crippen LogP contribution in [0.4, 0.5) is 5.95 Å². The molecule has 0 N–H and O–H groups in total. The molecule has 22 heavy (non-hydrogen) atoms.